The fourth-order valence-electron chi connectivity index (χ4n) is 8.03. The van der Waals surface area contributed by atoms with Gasteiger partial charge in [0.25, 0.3) is 0 Å². The summed E-state index contributed by atoms with van der Waals surface area (Å²) in [5.74, 6) is 0. The van der Waals surface area contributed by atoms with Crippen molar-refractivity contribution in [2.75, 3.05) is 0 Å². The SMILES string of the molecule is CCCCCCCCCCCCCCCCCCCCCCC=CCCc1ccccc1C1=CC(CCCC)=C(c2cccc(C[Si](C)(C)C)c2)[N+]1=[N-]. The quantitative estimate of drug-likeness (QED) is 0.0319. The molecule has 2 aromatic carbocycles. The fraction of sp³-hybridized carbons (Fsp3) is 0.640. The third-order valence-corrected chi connectivity index (χ3v) is 12.5. The highest BCUT2D eigenvalue weighted by molar-refractivity contribution is 6.75. The summed E-state index contributed by atoms with van der Waals surface area (Å²) in [7, 11) is -1.24. The molecule has 0 aromatic heterocycles. The van der Waals surface area contributed by atoms with E-state index in [1.807, 2.05) is 0 Å². The highest BCUT2D eigenvalue weighted by Gasteiger charge is 2.30. The first-order valence-electron chi connectivity index (χ1n) is 22.6. The topological polar surface area (TPSA) is 25.3 Å². The highest BCUT2D eigenvalue weighted by Crippen LogP contribution is 2.39. The molecule has 0 radical (unpaired) electrons. The summed E-state index contributed by atoms with van der Waals surface area (Å²) >= 11 is 0. The van der Waals surface area contributed by atoms with E-state index in [4.69, 9.17) is 0 Å². The van der Waals surface area contributed by atoms with Crippen LogP contribution in [0, 0.1) is 0 Å². The number of unbranched alkanes of at least 4 members (excludes halogenated alkanes) is 21. The van der Waals surface area contributed by atoms with Gasteiger partial charge in [0.15, 0.2) is 0 Å². The largest absolute Gasteiger partial charge is 0.493 e. The maximum absolute atomic E-state index is 11.7. The summed E-state index contributed by atoms with van der Waals surface area (Å²) in [5, 5.41) is 0. The molecule has 2 aromatic rings. The summed E-state index contributed by atoms with van der Waals surface area (Å²) in [4.78, 5) is 0. The predicted molar refractivity (Wildman–Crippen MR) is 238 cm³/mol. The Labute approximate surface area is 329 Å². The first kappa shape index (κ1) is 44.9. The van der Waals surface area contributed by atoms with Crippen molar-refractivity contribution in [3.63, 3.8) is 0 Å². The highest BCUT2D eigenvalue weighted by atomic mass is 28.3. The Morgan fingerprint density at radius 1 is 0.566 bits per heavy atom. The molecule has 3 heteroatoms. The van der Waals surface area contributed by atoms with Gasteiger partial charge in [-0.05, 0) is 73.9 Å². The van der Waals surface area contributed by atoms with E-state index in [-0.39, 0.29) is 0 Å². The van der Waals surface area contributed by atoms with Crippen molar-refractivity contribution in [1.29, 1.82) is 0 Å². The molecule has 0 N–H and O–H groups in total. The molecule has 1 aliphatic rings. The van der Waals surface area contributed by atoms with Crippen LogP contribution in [0.5, 0.6) is 0 Å². The standard InChI is InChI=1S/C50H80N2Si/c1-6-8-10-11-12-13-14-15-16-17-18-19-20-21-22-23-24-25-26-27-28-29-30-31-37-45-38-32-33-40-48(45)49-42-47(36-9-7-2)50(52(49)51)46-39-34-35-44(41-46)43-53(3,4)5/h29-30,32-35,38-42H,6-28,31,36-37,43H2,1-5H3. The van der Waals surface area contributed by atoms with E-state index < -0.39 is 8.07 Å². The number of hydrogen-bond acceptors (Lipinski definition) is 0. The third kappa shape index (κ3) is 18.6. The Morgan fingerprint density at radius 3 is 1.66 bits per heavy atom. The van der Waals surface area contributed by atoms with Crippen LogP contribution in [0.25, 0.3) is 16.9 Å². The van der Waals surface area contributed by atoms with E-state index in [0.717, 1.165) is 60.7 Å². The molecule has 1 heterocycles. The number of hydrogen-bond donors (Lipinski definition) is 0. The zero-order chi connectivity index (χ0) is 38.0. The lowest BCUT2D eigenvalue weighted by molar-refractivity contribution is -0.344. The monoisotopic (exact) mass is 737 g/mol. The molecule has 0 bridgehead atoms. The van der Waals surface area contributed by atoms with Gasteiger partial charge in [-0.15, -0.1) is 0 Å². The summed E-state index contributed by atoms with van der Waals surface area (Å²) in [6.45, 7) is 11.8. The van der Waals surface area contributed by atoms with Crippen molar-refractivity contribution < 1.29 is 4.70 Å². The fourth-order valence-corrected chi connectivity index (χ4v) is 9.47. The molecule has 1 aliphatic heterocycles. The Balaban J connectivity index is 1.29. The van der Waals surface area contributed by atoms with Crippen LogP contribution in [0.15, 0.2) is 72.3 Å². The molecule has 294 valence electrons. The summed E-state index contributed by atoms with van der Waals surface area (Å²) in [6, 6.07) is 18.8. The van der Waals surface area contributed by atoms with Crippen LogP contribution in [0.2, 0.25) is 19.6 Å². The molecule has 0 atom stereocenters. The van der Waals surface area contributed by atoms with Crippen molar-refractivity contribution in [3.05, 3.63) is 100 Å². The first-order valence-corrected chi connectivity index (χ1v) is 26.3. The van der Waals surface area contributed by atoms with Gasteiger partial charge in [0, 0.05) is 30.8 Å². The van der Waals surface area contributed by atoms with Crippen molar-refractivity contribution in [3.8, 4) is 0 Å². The van der Waals surface area contributed by atoms with Crippen LogP contribution in [-0.2, 0) is 12.5 Å². The summed E-state index contributed by atoms with van der Waals surface area (Å²) < 4.78 is 1.49. The maximum Gasteiger partial charge on any atom is 0.210 e. The smallest absolute Gasteiger partial charge is 0.210 e. The number of nitrogens with zero attached hydrogens (tertiary/aromatic N) is 2. The molecule has 0 amide bonds. The van der Waals surface area contributed by atoms with Gasteiger partial charge < -0.3 is 5.53 Å². The molecule has 0 unspecified atom stereocenters. The van der Waals surface area contributed by atoms with Crippen molar-refractivity contribution >= 4 is 19.5 Å². The average Bonchev–Trinajstić information content (AvgIpc) is 3.47. The number of benzene rings is 2. The minimum absolute atomic E-state index is 0.922. The lowest BCUT2D eigenvalue weighted by atomic mass is 9.99. The Morgan fingerprint density at radius 2 is 1.09 bits per heavy atom. The molecule has 53 heavy (non-hydrogen) atoms. The van der Waals surface area contributed by atoms with Gasteiger partial charge >= 0.3 is 0 Å². The second-order valence-corrected chi connectivity index (χ2v) is 22.9. The van der Waals surface area contributed by atoms with E-state index in [0.29, 0.717) is 0 Å². The molecule has 3 rings (SSSR count). The van der Waals surface area contributed by atoms with Crippen molar-refractivity contribution in [2.24, 2.45) is 0 Å². The van der Waals surface area contributed by atoms with E-state index in [1.165, 1.54) is 156 Å². The molecular formula is C50H80N2Si. The van der Waals surface area contributed by atoms with Gasteiger partial charge in [-0.25, -0.2) is 4.70 Å². The van der Waals surface area contributed by atoms with E-state index in [9.17, 15) is 5.53 Å². The van der Waals surface area contributed by atoms with Crippen LogP contribution in [0.1, 0.15) is 197 Å². The van der Waals surface area contributed by atoms with Crippen LogP contribution < -0.4 is 0 Å². The van der Waals surface area contributed by atoms with E-state index in [2.05, 4.69) is 100 Å². The zero-order valence-electron chi connectivity index (χ0n) is 35.3. The molecule has 0 saturated carbocycles. The number of allylic oxidation sites excluding steroid dienone is 4. The van der Waals surface area contributed by atoms with Crippen molar-refractivity contribution in [2.45, 2.75) is 206 Å². The molecule has 0 spiro atoms. The molecule has 2 nitrogen and oxygen atoms in total. The number of aryl methyl sites for hydroxylation is 1. The van der Waals surface area contributed by atoms with Gasteiger partial charge in [-0.3, -0.25) is 0 Å². The van der Waals surface area contributed by atoms with Crippen LogP contribution >= 0.6 is 0 Å². The normalized spacial score (nSPS) is 13.5. The summed E-state index contributed by atoms with van der Waals surface area (Å²) in [6.07, 6.45) is 42.2. The lowest BCUT2D eigenvalue weighted by Crippen LogP contribution is -2.23. The first-order chi connectivity index (χ1) is 25.8. The minimum Gasteiger partial charge on any atom is -0.493 e. The van der Waals surface area contributed by atoms with Gasteiger partial charge in [0.1, 0.15) is 0 Å². The minimum atomic E-state index is -1.24. The second kappa shape index (κ2) is 27.1. The molecule has 0 aliphatic carbocycles. The van der Waals surface area contributed by atoms with Gasteiger partial charge in [0.05, 0.1) is 0 Å². The summed E-state index contributed by atoms with van der Waals surface area (Å²) in [5.41, 5.74) is 19.9. The Bertz CT molecular complexity index is 1390. The van der Waals surface area contributed by atoms with Crippen LogP contribution in [0.4, 0.5) is 0 Å². The van der Waals surface area contributed by atoms with Gasteiger partial charge in [-0.2, -0.15) is 0 Å². The molecule has 0 saturated heterocycles. The molecular weight excluding hydrogens is 657 g/mol. The average molecular weight is 737 g/mol. The van der Waals surface area contributed by atoms with E-state index in [1.54, 1.807) is 0 Å². The second-order valence-electron chi connectivity index (χ2n) is 17.4. The van der Waals surface area contributed by atoms with Gasteiger partial charge in [-0.1, -0.05) is 204 Å². The Hall–Kier alpha value is -2.52. The Kier molecular flexibility index (Phi) is 23.0. The van der Waals surface area contributed by atoms with E-state index >= 15 is 0 Å². The maximum atomic E-state index is 11.7. The van der Waals surface area contributed by atoms with Crippen LogP contribution in [0.3, 0.4) is 0 Å². The van der Waals surface area contributed by atoms with Crippen molar-refractivity contribution in [1.82, 2.24) is 0 Å². The van der Waals surface area contributed by atoms with Crippen LogP contribution in [-0.4, -0.2) is 12.8 Å². The lowest BCUT2D eigenvalue weighted by Gasteiger charge is -2.17. The predicted octanol–water partition coefficient (Wildman–Crippen LogP) is 16.8. The molecule has 0 fully saturated rings. The third-order valence-electron chi connectivity index (χ3n) is 11.1. The number of rotatable bonds is 31. The van der Waals surface area contributed by atoms with Gasteiger partial charge in [0.2, 0.25) is 11.4 Å². The zero-order valence-corrected chi connectivity index (χ0v) is 36.3.